The Labute approximate surface area is 228 Å². The zero-order valence-electron chi connectivity index (χ0n) is 22.0. The van der Waals surface area contributed by atoms with Crippen molar-refractivity contribution < 1.29 is 24.2 Å². The highest BCUT2D eigenvalue weighted by molar-refractivity contribution is 6.34. The van der Waals surface area contributed by atoms with Crippen LogP contribution >= 0.6 is 11.6 Å². The highest BCUT2D eigenvalue weighted by Gasteiger charge is 2.75. The van der Waals surface area contributed by atoms with Crippen LogP contribution in [0.4, 0.5) is 5.69 Å². The number of carbonyl (C=O) groups excluding carboxylic acids is 3. The van der Waals surface area contributed by atoms with Crippen molar-refractivity contribution in [2.45, 2.75) is 56.8 Å². The number of benzene rings is 1. The fourth-order valence-corrected chi connectivity index (χ4v) is 7.04. The molecule has 4 aliphatic heterocycles. The average Bonchev–Trinajstić information content (AvgIpc) is 3.20. The molecule has 8 nitrogen and oxygen atoms in total. The summed E-state index contributed by atoms with van der Waals surface area (Å²) in [5.41, 5.74) is -1.71. The van der Waals surface area contributed by atoms with E-state index in [9.17, 15) is 19.5 Å². The van der Waals surface area contributed by atoms with Gasteiger partial charge in [0.05, 0.1) is 28.1 Å². The van der Waals surface area contributed by atoms with Crippen molar-refractivity contribution in [3.05, 3.63) is 53.6 Å². The molecule has 3 amide bonds. The summed E-state index contributed by atoms with van der Waals surface area (Å²) in [5, 5.41) is 9.83. The van der Waals surface area contributed by atoms with E-state index in [1.165, 1.54) is 0 Å². The summed E-state index contributed by atoms with van der Waals surface area (Å²) in [5.74, 6) is -2.19. The van der Waals surface area contributed by atoms with Crippen LogP contribution in [0.1, 0.15) is 39.5 Å². The number of aliphatic hydroxyl groups excluding tert-OH is 1. The number of anilines is 1. The molecule has 5 rings (SSSR count). The molecule has 1 spiro atoms. The zero-order valence-corrected chi connectivity index (χ0v) is 22.8. The zero-order chi connectivity index (χ0) is 27.1. The minimum absolute atomic E-state index is 0.00576. The molecule has 0 bridgehead atoms. The van der Waals surface area contributed by atoms with Gasteiger partial charge >= 0.3 is 0 Å². The number of carbonyl (C=O) groups is 3. The van der Waals surface area contributed by atoms with E-state index in [0.29, 0.717) is 43.1 Å². The number of rotatable bonds is 8. The van der Waals surface area contributed by atoms with Crippen LogP contribution < -0.4 is 4.90 Å². The van der Waals surface area contributed by atoms with E-state index < -0.39 is 29.1 Å². The molecule has 204 valence electrons. The SMILES string of the molecule is CCCN1CC=C[C@]2(CC)O[C@]34C=CCN(c5ccccc5Cl)C(=O)C3N(CCCCO)C(=O)[C@@H]4[C@@H]2C1=O. The van der Waals surface area contributed by atoms with Crippen LogP contribution in [0.3, 0.4) is 0 Å². The van der Waals surface area contributed by atoms with Crippen LogP contribution in [0.2, 0.25) is 5.02 Å². The lowest BCUT2D eigenvalue weighted by atomic mass is 9.73. The summed E-state index contributed by atoms with van der Waals surface area (Å²) < 4.78 is 6.95. The summed E-state index contributed by atoms with van der Waals surface area (Å²) >= 11 is 6.51. The molecule has 9 heteroatoms. The number of para-hydroxylation sites is 1. The van der Waals surface area contributed by atoms with Gasteiger partial charge in [0.1, 0.15) is 11.6 Å². The topological polar surface area (TPSA) is 90.4 Å². The first-order chi connectivity index (χ1) is 18.3. The lowest BCUT2D eigenvalue weighted by molar-refractivity contribution is -0.150. The van der Waals surface area contributed by atoms with E-state index in [-0.39, 0.29) is 37.4 Å². The fraction of sp³-hybridized carbons (Fsp3) is 0.552. The molecule has 0 aromatic heterocycles. The van der Waals surface area contributed by atoms with Gasteiger partial charge in [-0.15, -0.1) is 0 Å². The number of unbranched alkanes of at least 4 members (excludes halogenated alkanes) is 1. The summed E-state index contributed by atoms with van der Waals surface area (Å²) in [4.78, 5) is 47.8. The third-order valence-electron chi connectivity index (χ3n) is 8.47. The number of nitrogens with zero attached hydrogens (tertiary/aromatic N) is 3. The van der Waals surface area contributed by atoms with E-state index in [4.69, 9.17) is 16.3 Å². The Morgan fingerprint density at radius 2 is 1.74 bits per heavy atom. The van der Waals surface area contributed by atoms with Crippen LogP contribution in [0.15, 0.2) is 48.6 Å². The van der Waals surface area contributed by atoms with E-state index in [2.05, 4.69) is 0 Å². The molecule has 1 N–H and O–H groups in total. The second kappa shape index (κ2) is 10.5. The Balaban J connectivity index is 1.64. The van der Waals surface area contributed by atoms with Gasteiger partial charge < -0.3 is 24.5 Å². The molecule has 1 aromatic carbocycles. The number of hydrogen-bond acceptors (Lipinski definition) is 5. The normalized spacial score (nSPS) is 32.4. The fourth-order valence-electron chi connectivity index (χ4n) is 6.80. The lowest BCUT2D eigenvalue weighted by Crippen LogP contribution is -2.56. The molecule has 38 heavy (non-hydrogen) atoms. The van der Waals surface area contributed by atoms with Gasteiger partial charge in [0, 0.05) is 32.8 Å². The molecule has 0 aliphatic carbocycles. The van der Waals surface area contributed by atoms with Crippen molar-refractivity contribution in [1.82, 2.24) is 9.80 Å². The largest absolute Gasteiger partial charge is 0.396 e. The van der Waals surface area contributed by atoms with Crippen LogP contribution in [0.5, 0.6) is 0 Å². The van der Waals surface area contributed by atoms with Crippen LogP contribution in [0.25, 0.3) is 0 Å². The third kappa shape index (κ3) is 4.00. The molecule has 2 saturated heterocycles. The molecule has 1 aromatic rings. The maximum Gasteiger partial charge on any atom is 0.253 e. The van der Waals surface area contributed by atoms with Gasteiger partial charge in [0.2, 0.25) is 11.8 Å². The highest BCUT2D eigenvalue weighted by atomic mass is 35.5. The van der Waals surface area contributed by atoms with Gasteiger partial charge in [-0.1, -0.05) is 61.9 Å². The summed E-state index contributed by atoms with van der Waals surface area (Å²) in [6.07, 6.45) is 9.98. The monoisotopic (exact) mass is 541 g/mol. The molecule has 5 atom stereocenters. The molecule has 0 radical (unpaired) electrons. The van der Waals surface area contributed by atoms with Crippen molar-refractivity contribution in [1.29, 1.82) is 0 Å². The number of ether oxygens (including phenoxy) is 1. The van der Waals surface area contributed by atoms with Gasteiger partial charge in [-0.25, -0.2) is 0 Å². The first kappa shape index (κ1) is 26.9. The second-order valence-electron chi connectivity index (χ2n) is 10.6. The van der Waals surface area contributed by atoms with Crippen LogP contribution in [0, 0.1) is 11.8 Å². The summed E-state index contributed by atoms with van der Waals surface area (Å²) in [7, 11) is 0. The molecule has 0 saturated carbocycles. The maximum atomic E-state index is 14.4. The Hall–Kier alpha value is -2.68. The number of aliphatic hydroxyl groups is 1. The molecular weight excluding hydrogens is 506 g/mol. The van der Waals surface area contributed by atoms with E-state index in [0.717, 1.165) is 6.42 Å². The highest BCUT2D eigenvalue weighted by Crippen LogP contribution is 2.58. The predicted molar refractivity (Wildman–Crippen MR) is 145 cm³/mol. The number of fused-ring (bicyclic) bond motifs is 2. The van der Waals surface area contributed by atoms with Crippen molar-refractivity contribution in [3.63, 3.8) is 0 Å². The number of likely N-dealkylation sites (tertiary alicyclic amines) is 1. The molecule has 4 heterocycles. The van der Waals surface area contributed by atoms with Crippen LogP contribution in [-0.2, 0) is 19.1 Å². The minimum atomic E-state index is -1.29. The van der Waals surface area contributed by atoms with Gasteiger partial charge in [-0.2, -0.15) is 0 Å². The van der Waals surface area contributed by atoms with Gasteiger partial charge in [-0.05, 0) is 37.8 Å². The van der Waals surface area contributed by atoms with Crippen molar-refractivity contribution in [2.75, 3.05) is 37.7 Å². The summed E-state index contributed by atoms with van der Waals surface area (Å²) in [6.45, 7) is 5.61. The first-order valence-corrected chi connectivity index (χ1v) is 14.0. The molecule has 2 fully saturated rings. The number of amides is 3. The molecule has 1 unspecified atom stereocenters. The maximum absolute atomic E-state index is 14.4. The Kier molecular flexibility index (Phi) is 7.42. The van der Waals surface area contributed by atoms with Crippen molar-refractivity contribution in [2.24, 2.45) is 11.8 Å². The smallest absolute Gasteiger partial charge is 0.253 e. The van der Waals surface area contributed by atoms with E-state index >= 15 is 0 Å². The van der Waals surface area contributed by atoms with Gasteiger partial charge in [0.25, 0.3) is 5.91 Å². The molecule has 4 aliphatic rings. The van der Waals surface area contributed by atoms with E-state index in [1.54, 1.807) is 32.9 Å². The van der Waals surface area contributed by atoms with E-state index in [1.807, 2.05) is 44.2 Å². The number of halogens is 1. The summed E-state index contributed by atoms with van der Waals surface area (Å²) in [6, 6.07) is 6.20. The lowest BCUT2D eigenvalue weighted by Gasteiger charge is -2.38. The first-order valence-electron chi connectivity index (χ1n) is 13.7. The van der Waals surface area contributed by atoms with Crippen molar-refractivity contribution in [3.8, 4) is 0 Å². The predicted octanol–water partition coefficient (Wildman–Crippen LogP) is 3.18. The average molecular weight is 542 g/mol. The molecular formula is C29H36ClN3O5. The van der Waals surface area contributed by atoms with Gasteiger partial charge in [0.15, 0.2) is 0 Å². The minimum Gasteiger partial charge on any atom is -0.396 e. The van der Waals surface area contributed by atoms with Gasteiger partial charge in [-0.3, -0.25) is 14.4 Å². The Bertz CT molecular complexity index is 1170. The third-order valence-corrected chi connectivity index (χ3v) is 8.79. The number of hydrogen-bond donors (Lipinski definition) is 1. The quantitative estimate of drug-likeness (QED) is 0.403. The Morgan fingerprint density at radius 1 is 0.974 bits per heavy atom. The van der Waals surface area contributed by atoms with Crippen molar-refractivity contribution >= 4 is 35.0 Å². The van der Waals surface area contributed by atoms with Crippen LogP contribution in [-0.4, -0.2) is 82.7 Å². The standard InChI is InChI=1S/C29H36ClN3O5/c1-3-15-31-16-9-13-28(4-2)22(25(31)35)23-26(36)33(17-7-8-19-34)24-27(37)32(18-10-14-29(23,24)38-28)21-12-6-5-11-20(21)30/h5-6,9-14,22-24,34H,3-4,7-8,15-19H2,1-2H3/t22-,23+,24?,28+,29+/m1/s1. The second-order valence-corrected chi connectivity index (χ2v) is 11.0. The Morgan fingerprint density at radius 3 is 2.45 bits per heavy atom.